The van der Waals surface area contributed by atoms with Gasteiger partial charge in [0.25, 0.3) is 17.7 Å². The topological polar surface area (TPSA) is 66.9 Å². The highest BCUT2D eigenvalue weighted by molar-refractivity contribution is 9.10. The van der Waals surface area contributed by atoms with Gasteiger partial charge in [0.15, 0.2) is 0 Å². The van der Waals surface area contributed by atoms with Crippen molar-refractivity contribution in [1.29, 1.82) is 0 Å². The van der Waals surface area contributed by atoms with E-state index in [4.69, 9.17) is 51.1 Å². The molecule has 6 nitrogen and oxygen atoms in total. The number of imide groups is 1. The molecule has 0 aromatic heterocycles. The molecule has 2 atom stereocenters. The highest BCUT2D eigenvalue weighted by Gasteiger charge is 2.59. The van der Waals surface area contributed by atoms with E-state index in [0.717, 1.165) is 13.8 Å². The van der Waals surface area contributed by atoms with Crippen molar-refractivity contribution in [3.05, 3.63) is 88.2 Å². The van der Waals surface area contributed by atoms with Gasteiger partial charge < -0.3 is 9.64 Å². The first-order valence-corrected chi connectivity index (χ1v) is 13.3. The maximum Gasteiger partial charge on any atom is 0.264 e. The molecule has 12 heteroatoms. The molecule has 2 aliphatic rings. The van der Waals surface area contributed by atoms with Gasteiger partial charge in [0, 0.05) is 20.2 Å². The number of carbonyl (C=O) groups excluding carboxylic acids is 3. The molecule has 0 saturated carbocycles. The quantitative estimate of drug-likeness (QED) is 0.122. The van der Waals surface area contributed by atoms with Crippen LogP contribution in [0.5, 0.6) is 5.75 Å². The number of fused-ring (bicyclic) bond motifs is 1. The maximum atomic E-state index is 13.6. The molecule has 1 fully saturated rings. The predicted octanol–water partition coefficient (Wildman–Crippen LogP) is 7.59. The average Bonchev–Trinajstić information content (AvgIpc) is 3.11. The van der Waals surface area contributed by atoms with Gasteiger partial charge in [0.1, 0.15) is 11.8 Å². The lowest BCUT2D eigenvalue weighted by Crippen LogP contribution is -2.67. The van der Waals surface area contributed by atoms with Crippen LogP contribution in [0.4, 0.5) is 5.69 Å². The number of nitrogens with zero attached hydrogens (tertiary/aromatic N) is 2. The summed E-state index contributed by atoms with van der Waals surface area (Å²) in [4.78, 5) is 43.1. The van der Waals surface area contributed by atoms with E-state index >= 15 is 0 Å². The fraction of sp³-hybridized carbons (Fsp3) is 0.125. The molecule has 1 saturated heterocycles. The number of benzene rings is 3. The number of β-lactam (4-membered cyclic amide) rings is 1. The van der Waals surface area contributed by atoms with Gasteiger partial charge in [0.05, 0.1) is 44.4 Å². The van der Waals surface area contributed by atoms with E-state index in [0.29, 0.717) is 17.0 Å². The van der Waals surface area contributed by atoms with Crippen LogP contribution >= 0.6 is 78.3 Å². The van der Waals surface area contributed by atoms with E-state index in [1.165, 1.54) is 12.0 Å². The van der Waals surface area contributed by atoms with E-state index in [9.17, 15) is 14.4 Å². The molecule has 5 rings (SSSR count). The second kappa shape index (κ2) is 9.49. The molecule has 2 aliphatic heterocycles. The Balaban J connectivity index is 1.67. The standard InChI is InChI=1S/C24H12Br2Cl4N2O4/c1-36-13-7-4-10(26)8-12(13)20-21(24(35)31(20)11-5-2-9(25)3-6-11)32-22(33)14-15(23(32)34)17(28)19(30)18(29)16(14)27/h2-8,20-21H,1H3/t20-,21-/m0/s1. The highest BCUT2D eigenvalue weighted by atomic mass is 79.9. The minimum Gasteiger partial charge on any atom is -0.496 e. The van der Waals surface area contributed by atoms with Crippen LogP contribution < -0.4 is 9.64 Å². The minimum absolute atomic E-state index is 0.147. The van der Waals surface area contributed by atoms with E-state index in [2.05, 4.69) is 31.9 Å². The lowest BCUT2D eigenvalue weighted by molar-refractivity contribution is -0.130. The summed E-state index contributed by atoms with van der Waals surface area (Å²) < 4.78 is 7.11. The molecule has 184 valence electrons. The third kappa shape index (κ3) is 3.77. The molecule has 3 aromatic rings. The average molecular weight is 694 g/mol. The van der Waals surface area contributed by atoms with Gasteiger partial charge in [-0.3, -0.25) is 19.3 Å². The highest BCUT2D eigenvalue weighted by Crippen LogP contribution is 2.50. The summed E-state index contributed by atoms with van der Waals surface area (Å²) >= 11 is 31.8. The van der Waals surface area contributed by atoms with Crippen molar-refractivity contribution in [3.63, 3.8) is 0 Å². The summed E-state index contributed by atoms with van der Waals surface area (Å²) in [5.74, 6) is -1.56. The van der Waals surface area contributed by atoms with Gasteiger partial charge in [-0.15, -0.1) is 0 Å². The van der Waals surface area contributed by atoms with E-state index in [-0.39, 0.29) is 31.2 Å². The first-order chi connectivity index (χ1) is 17.1. The monoisotopic (exact) mass is 690 g/mol. The van der Waals surface area contributed by atoms with E-state index in [1.54, 1.807) is 42.5 Å². The molecular formula is C24H12Br2Cl4N2O4. The second-order valence-corrected chi connectivity index (χ2v) is 11.3. The number of halogens is 6. The number of carbonyl (C=O) groups is 3. The van der Waals surface area contributed by atoms with Gasteiger partial charge in [-0.1, -0.05) is 78.3 Å². The van der Waals surface area contributed by atoms with Gasteiger partial charge >= 0.3 is 0 Å². The summed E-state index contributed by atoms with van der Waals surface area (Å²) in [6, 6.07) is 10.4. The van der Waals surface area contributed by atoms with Crippen LogP contribution in [0.3, 0.4) is 0 Å². The lowest BCUT2D eigenvalue weighted by atomic mass is 9.85. The van der Waals surface area contributed by atoms with Crippen molar-refractivity contribution >= 4 is 102 Å². The van der Waals surface area contributed by atoms with Crippen LogP contribution in [-0.4, -0.2) is 35.8 Å². The Morgan fingerprint density at radius 1 is 0.722 bits per heavy atom. The van der Waals surface area contributed by atoms with Gasteiger partial charge in [-0.25, -0.2) is 0 Å². The Morgan fingerprint density at radius 2 is 1.25 bits per heavy atom. The molecule has 0 N–H and O–H groups in total. The maximum absolute atomic E-state index is 13.6. The van der Waals surface area contributed by atoms with Crippen molar-refractivity contribution in [3.8, 4) is 5.75 Å². The summed E-state index contributed by atoms with van der Waals surface area (Å²) in [7, 11) is 1.50. The summed E-state index contributed by atoms with van der Waals surface area (Å²) in [6.07, 6.45) is 0. The van der Waals surface area contributed by atoms with Crippen molar-refractivity contribution in [1.82, 2.24) is 4.90 Å². The summed E-state index contributed by atoms with van der Waals surface area (Å²) in [5.41, 5.74) is 0.793. The predicted molar refractivity (Wildman–Crippen MR) is 146 cm³/mol. The largest absolute Gasteiger partial charge is 0.496 e. The van der Waals surface area contributed by atoms with Crippen molar-refractivity contribution in [2.45, 2.75) is 12.1 Å². The van der Waals surface area contributed by atoms with Crippen LogP contribution in [0, 0.1) is 0 Å². The van der Waals surface area contributed by atoms with Gasteiger partial charge in [0.2, 0.25) is 0 Å². The first kappa shape index (κ1) is 25.8. The molecule has 0 spiro atoms. The Labute approximate surface area is 242 Å². The van der Waals surface area contributed by atoms with Crippen LogP contribution in [0.15, 0.2) is 51.4 Å². The lowest BCUT2D eigenvalue weighted by Gasteiger charge is -2.50. The number of hydrogen-bond donors (Lipinski definition) is 0. The van der Waals surface area contributed by atoms with E-state index < -0.39 is 29.8 Å². The number of methoxy groups -OCH3 is 1. The Morgan fingerprint density at radius 3 is 1.78 bits per heavy atom. The minimum atomic E-state index is -1.20. The number of rotatable bonds is 4. The van der Waals surface area contributed by atoms with Crippen LogP contribution in [0.2, 0.25) is 20.1 Å². The SMILES string of the molecule is COc1ccc(Br)cc1[C@H]1[C@H](N2C(=O)c3c(Cl)c(Cl)c(Cl)c(Cl)c3C2=O)C(=O)N1c1ccc(Br)cc1. The van der Waals surface area contributed by atoms with E-state index in [1.807, 2.05) is 0 Å². The summed E-state index contributed by atoms with van der Waals surface area (Å²) in [5, 5.41) is -0.691. The number of hydrogen-bond acceptors (Lipinski definition) is 4. The van der Waals surface area contributed by atoms with Crippen molar-refractivity contribution in [2.24, 2.45) is 0 Å². The fourth-order valence-corrected chi connectivity index (χ4v) is 6.14. The first-order valence-electron chi connectivity index (χ1n) is 10.2. The number of amides is 3. The third-order valence-corrected chi connectivity index (χ3v) is 8.92. The molecule has 3 aromatic carbocycles. The molecule has 3 amide bonds. The smallest absolute Gasteiger partial charge is 0.264 e. The molecule has 2 heterocycles. The molecule has 36 heavy (non-hydrogen) atoms. The van der Waals surface area contributed by atoms with Crippen molar-refractivity contribution < 1.29 is 19.1 Å². The molecule has 0 unspecified atom stereocenters. The molecular weight excluding hydrogens is 682 g/mol. The third-order valence-electron chi connectivity index (χ3n) is 6.09. The van der Waals surface area contributed by atoms with Crippen molar-refractivity contribution in [2.75, 3.05) is 12.0 Å². The summed E-state index contributed by atoms with van der Waals surface area (Å²) in [6.45, 7) is 0. The normalized spacial score (nSPS) is 19.0. The van der Waals surface area contributed by atoms with Crippen LogP contribution in [0.25, 0.3) is 0 Å². The zero-order chi connectivity index (χ0) is 26.0. The number of ether oxygens (including phenoxy) is 1. The Bertz CT molecular complexity index is 1440. The Kier molecular flexibility index (Phi) is 6.81. The van der Waals surface area contributed by atoms with Gasteiger partial charge in [-0.2, -0.15) is 0 Å². The number of anilines is 1. The Hall–Kier alpha value is -1.81. The fourth-order valence-electron chi connectivity index (χ4n) is 4.48. The molecule has 0 aliphatic carbocycles. The zero-order valence-electron chi connectivity index (χ0n) is 18.0. The van der Waals surface area contributed by atoms with Crippen LogP contribution in [0.1, 0.15) is 32.3 Å². The zero-order valence-corrected chi connectivity index (χ0v) is 24.2. The molecule has 0 radical (unpaired) electrons. The second-order valence-electron chi connectivity index (χ2n) is 7.95. The van der Waals surface area contributed by atoms with Crippen LogP contribution in [-0.2, 0) is 4.79 Å². The molecule has 0 bridgehead atoms. The van der Waals surface area contributed by atoms with Gasteiger partial charge in [-0.05, 0) is 42.5 Å².